The van der Waals surface area contributed by atoms with Gasteiger partial charge in [-0.25, -0.2) is 4.98 Å². The number of amides is 1. The van der Waals surface area contributed by atoms with Crippen molar-refractivity contribution in [3.8, 4) is 0 Å². The summed E-state index contributed by atoms with van der Waals surface area (Å²) in [6, 6.07) is 0. The molecule has 0 saturated heterocycles. The van der Waals surface area contributed by atoms with Crippen molar-refractivity contribution in [3.05, 3.63) is 16.1 Å². The summed E-state index contributed by atoms with van der Waals surface area (Å²) in [5.74, 6) is 2.26. The second kappa shape index (κ2) is 9.39. The maximum atomic E-state index is 11.5. The number of thiazole rings is 1. The van der Waals surface area contributed by atoms with Gasteiger partial charge in [-0.1, -0.05) is 13.3 Å². The van der Waals surface area contributed by atoms with E-state index in [2.05, 4.69) is 22.6 Å². The van der Waals surface area contributed by atoms with Crippen LogP contribution < -0.4 is 5.32 Å². The second-order valence-corrected chi connectivity index (χ2v) is 6.46. The van der Waals surface area contributed by atoms with Crippen LogP contribution in [0.5, 0.6) is 0 Å². The van der Waals surface area contributed by atoms with E-state index >= 15 is 0 Å². The predicted molar refractivity (Wildman–Crippen MR) is 80.4 cm³/mol. The molecular formula is C13H22N2OS2. The number of carbonyl (C=O) groups excluding carboxylic acids is 1. The van der Waals surface area contributed by atoms with Gasteiger partial charge in [0.1, 0.15) is 0 Å². The van der Waals surface area contributed by atoms with Crippen molar-refractivity contribution in [1.29, 1.82) is 0 Å². The minimum atomic E-state index is 0.158. The van der Waals surface area contributed by atoms with Crippen molar-refractivity contribution in [3.63, 3.8) is 0 Å². The van der Waals surface area contributed by atoms with Crippen LogP contribution in [0.4, 0.5) is 0 Å². The molecule has 0 unspecified atom stereocenters. The number of aromatic nitrogens is 1. The zero-order valence-corrected chi connectivity index (χ0v) is 12.8. The van der Waals surface area contributed by atoms with Crippen LogP contribution in [-0.4, -0.2) is 28.9 Å². The number of aryl methyl sites for hydroxylation is 1. The van der Waals surface area contributed by atoms with Crippen LogP contribution in [0.2, 0.25) is 0 Å². The number of unbranched alkanes of at least 4 members (excludes halogenated alkanes) is 1. The largest absolute Gasteiger partial charge is 0.356 e. The van der Waals surface area contributed by atoms with E-state index < -0.39 is 0 Å². The Bertz CT molecular complexity index is 353. The summed E-state index contributed by atoms with van der Waals surface area (Å²) in [5.41, 5.74) is 1.08. The van der Waals surface area contributed by atoms with Crippen LogP contribution in [0.3, 0.4) is 0 Å². The van der Waals surface area contributed by atoms with Gasteiger partial charge in [-0.2, -0.15) is 11.8 Å². The summed E-state index contributed by atoms with van der Waals surface area (Å²) in [6.07, 6.45) is 3.94. The molecule has 0 bridgehead atoms. The Balaban J connectivity index is 2.00. The number of nitrogens with zero attached hydrogens (tertiary/aromatic N) is 1. The molecule has 1 amide bonds. The van der Waals surface area contributed by atoms with Gasteiger partial charge in [0, 0.05) is 30.5 Å². The van der Waals surface area contributed by atoms with Gasteiger partial charge >= 0.3 is 0 Å². The van der Waals surface area contributed by atoms with Crippen molar-refractivity contribution in [2.75, 3.05) is 18.1 Å². The Morgan fingerprint density at radius 3 is 3.00 bits per heavy atom. The van der Waals surface area contributed by atoms with Crippen LogP contribution in [0.15, 0.2) is 5.38 Å². The smallest absolute Gasteiger partial charge is 0.220 e. The fraction of sp³-hybridized carbons (Fsp3) is 0.692. The van der Waals surface area contributed by atoms with E-state index in [1.165, 1.54) is 18.6 Å². The average Bonchev–Trinajstić information content (AvgIpc) is 2.75. The summed E-state index contributed by atoms with van der Waals surface area (Å²) < 4.78 is 0. The number of hydrogen-bond donors (Lipinski definition) is 1. The number of rotatable bonds is 9. The van der Waals surface area contributed by atoms with Crippen molar-refractivity contribution in [1.82, 2.24) is 10.3 Å². The van der Waals surface area contributed by atoms with Crippen LogP contribution >= 0.6 is 23.1 Å². The van der Waals surface area contributed by atoms with E-state index in [0.717, 1.165) is 22.9 Å². The van der Waals surface area contributed by atoms with Crippen LogP contribution in [0.25, 0.3) is 0 Å². The number of hydrogen-bond acceptors (Lipinski definition) is 4. The van der Waals surface area contributed by atoms with Gasteiger partial charge in [-0.3, -0.25) is 4.79 Å². The molecule has 0 spiro atoms. The van der Waals surface area contributed by atoms with E-state index in [4.69, 9.17) is 0 Å². The lowest BCUT2D eigenvalue weighted by molar-refractivity contribution is -0.120. The molecule has 0 radical (unpaired) electrons. The third kappa shape index (κ3) is 7.01. The van der Waals surface area contributed by atoms with E-state index in [-0.39, 0.29) is 5.91 Å². The first-order valence-electron chi connectivity index (χ1n) is 6.47. The Labute approximate surface area is 118 Å². The van der Waals surface area contributed by atoms with Crippen LogP contribution in [-0.2, 0) is 11.2 Å². The van der Waals surface area contributed by atoms with Gasteiger partial charge in [0.15, 0.2) is 0 Å². The Morgan fingerprint density at radius 1 is 1.50 bits per heavy atom. The molecule has 1 aromatic heterocycles. The highest BCUT2D eigenvalue weighted by Crippen LogP contribution is 2.08. The fourth-order valence-electron chi connectivity index (χ4n) is 1.45. The lowest BCUT2D eigenvalue weighted by Crippen LogP contribution is -2.26. The van der Waals surface area contributed by atoms with Crippen molar-refractivity contribution < 1.29 is 4.79 Å². The third-order valence-corrected chi connectivity index (χ3v) is 4.38. The molecule has 5 heteroatoms. The molecule has 0 aliphatic rings. The Kier molecular flexibility index (Phi) is 8.09. The van der Waals surface area contributed by atoms with E-state index in [1.807, 2.05) is 18.7 Å². The molecule has 3 nitrogen and oxygen atoms in total. The average molecular weight is 286 g/mol. The minimum Gasteiger partial charge on any atom is -0.356 e. The maximum Gasteiger partial charge on any atom is 0.220 e. The molecule has 0 saturated carbocycles. The van der Waals surface area contributed by atoms with Crippen molar-refractivity contribution >= 4 is 29.0 Å². The van der Waals surface area contributed by atoms with Crippen molar-refractivity contribution in [2.45, 2.75) is 39.5 Å². The zero-order valence-electron chi connectivity index (χ0n) is 11.2. The summed E-state index contributed by atoms with van der Waals surface area (Å²) in [4.78, 5) is 15.9. The van der Waals surface area contributed by atoms with Gasteiger partial charge in [0.05, 0.1) is 10.7 Å². The molecule has 0 aromatic carbocycles. The number of carbonyl (C=O) groups is 1. The first-order chi connectivity index (χ1) is 8.72. The van der Waals surface area contributed by atoms with E-state index in [0.29, 0.717) is 13.0 Å². The van der Waals surface area contributed by atoms with Gasteiger partial charge in [0.25, 0.3) is 0 Å². The molecule has 1 aromatic rings. The Hall–Kier alpha value is -0.550. The number of thioether (sulfide) groups is 1. The molecule has 18 heavy (non-hydrogen) atoms. The lowest BCUT2D eigenvalue weighted by Gasteiger charge is -2.04. The molecule has 0 aliphatic heterocycles. The normalized spacial score (nSPS) is 10.6. The molecule has 0 fully saturated rings. The molecule has 102 valence electrons. The summed E-state index contributed by atoms with van der Waals surface area (Å²) in [5, 5.41) is 6.09. The predicted octanol–water partition coefficient (Wildman–Crippen LogP) is 3.03. The van der Waals surface area contributed by atoms with Crippen LogP contribution in [0.1, 0.15) is 36.9 Å². The van der Waals surface area contributed by atoms with Gasteiger partial charge in [-0.05, 0) is 19.1 Å². The first-order valence-corrected chi connectivity index (χ1v) is 8.51. The third-order valence-electron chi connectivity index (χ3n) is 2.49. The topological polar surface area (TPSA) is 42.0 Å². The Morgan fingerprint density at radius 2 is 2.33 bits per heavy atom. The van der Waals surface area contributed by atoms with Gasteiger partial charge < -0.3 is 5.32 Å². The maximum absolute atomic E-state index is 11.5. The highest BCUT2D eigenvalue weighted by atomic mass is 32.2. The fourth-order valence-corrected chi connectivity index (χ4v) is 3.13. The van der Waals surface area contributed by atoms with Gasteiger partial charge in [-0.15, -0.1) is 11.3 Å². The molecule has 1 N–H and O–H groups in total. The van der Waals surface area contributed by atoms with Crippen LogP contribution in [0, 0.1) is 6.92 Å². The highest BCUT2D eigenvalue weighted by Gasteiger charge is 2.02. The summed E-state index contributed by atoms with van der Waals surface area (Å²) >= 11 is 3.53. The minimum absolute atomic E-state index is 0.158. The quantitative estimate of drug-likeness (QED) is 0.710. The second-order valence-electron chi connectivity index (χ2n) is 4.17. The zero-order chi connectivity index (χ0) is 13.2. The SMILES string of the molecule is CCCCSCCC(=O)NCCc1csc(C)n1. The highest BCUT2D eigenvalue weighted by molar-refractivity contribution is 7.99. The van der Waals surface area contributed by atoms with E-state index in [1.54, 1.807) is 11.3 Å². The molecule has 1 rings (SSSR count). The molecule has 0 aliphatic carbocycles. The lowest BCUT2D eigenvalue weighted by atomic mass is 10.3. The molecule has 0 atom stereocenters. The van der Waals surface area contributed by atoms with E-state index in [9.17, 15) is 4.79 Å². The van der Waals surface area contributed by atoms with Gasteiger partial charge in [0.2, 0.25) is 5.91 Å². The van der Waals surface area contributed by atoms with Crippen molar-refractivity contribution in [2.24, 2.45) is 0 Å². The molecule has 1 heterocycles. The first kappa shape index (κ1) is 15.5. The summed E-state index contributed by atoms with van der Waals surface area (Å²) in [7, 11) is 0. The standard InChI is InChI=1S/C13H22N2OS2/c1-3-4-8-17-9-6-13(16)14-7-5-12-10-18-11(2)15-12/h10H,3-9H2,1-2H3,(H,14,16). The monoisotopic (exact) mass is 286 g/mol. The number of nitrogens with one attached hydrogen (secondary N) is 1. The molecular weight excluding hydrogens is 264 g/mol. The summed E-state index contributed by atoms with van der Waals surface area (Å²) in [6.45, 7) is 4.88.